The second-order valence-corrected chi connectivity index (χ2v) is 13.2. The molecule has 2 rings (SSSR count). The molecule has 4 atom stereocenters. The molecule has 0 radical (unpaired) electrons. The third kappa shape index (κ3) is 2.83. The van der Waals surface area contributed by atoms with E-state index in [0.717, 1.165) is 13.0 Å². The number of hydrogen-bond donors (Lipinski definition) is 2. The van der Waals surface area contributed by atoms with Crippen molar-refractivity contribution in [2.75, 3.05) is 13.1 Å². The van der Waals surface area contributed by atoms with Gasteiger partial charge in [-0.1, -0.05) is 41.5 Å². The molecule has 2 heterocycles. The van der Waals surface area contributed by atoms with E-state index in [0.29, 0.717) is 23.2 Å². The molecule has 0 saturated carbocycles. The van der Waals surface area contributed by atoms with Crippen LogP contribution in [0.15, 0.2) is 0 Å². The van der Waals surface area contributed by atoms with Gasteiger partial charge in [-0.3, -0.25) is 4.90 Å². The fraction of sp³-hybridized carbons (Fsp3) is 1.00. The average Bonchev–Trinajstić information content (AvgIpc) is 2.87. The molecule has 0 amide bonds. The lowest BCUT2D eigenvalue weighted by Crippen LogP contribution is -2.53. The number of rotatable bonds is 5. The number of fused-ring (bicyclic) bond motifs is 1. The van der Waals surface area contributed by atoms with E-state index < -0.39 is 20.5 Å². The highest BCUT2D eigenvalue weighted by molar-refractivity contribution is 6.77. The molecule has 2 fully saturated rings. The van der Waals surface area contributed by atoms with Crippen molar-refractivity contribution >= 4 is 8.32 Å². The zero-order valence-corrected chi connectivity index (χ0v) is 15.4. The van der Waals surface area contributed by atoms with Crippen molar-refractivity contribution in [2.45, 2.75) is 88.9 Å². The number of aliphatic hydroxyl groups excluding tert-OH is 2. The summed E-state index contributed by atoms with van der Waals surface area (Å²) in [7, 11) is -1.92. The summed E-state index contributed by atoms with van der Waals surface area (Å²) in [5.74, 6) is 0. The van der Waals surface area contributed by atoms with Crippen LogP contribution in [0.3, 0.4) is 0 Å². The molecule has 2 N–H and O–H groups in total. The molecular weight excluding hydrogens is 282 g/mol. The maximum Gasteiger partial charge on any atom is 0.200 e. The summed E-state index contributed by atoms with van der Waals surface area (Å²) in [5, 5.41) is 20.2. The van der Waals surface area contributed by atoms with Crippen LogP contribution in [0, 0.1) is 0 Å². The molecule has 0 unspecified atom stereocenters. The van der Waals surface area contributed by atoms with E-state index in [2.05, 4.69) is 46.4 Å². The highest BCUT2D eigenvalue weighted by atomic mass is 28.4. The van der Waals surface area contributed by atoms with Crippen molar-refractivity contribution in [3.05, 3.63) is 0 Å². The predicted molar refractivity (Wildman–Crippen MR) is 87.9 cm³/mol. The molecule has 0 aromatic rings. The molecule has 0 aromatic carbocycles. The molecule has 0 aliphatic carbocycles. The highest BCUT2D eigenvalue weighted by Gasteiger charge is 2.53. The molecule has 0 bridgehead atoms. The number of aliphatic hydroxyl groups is 2. The molecule has 124 valence electrons. The lowest BCUT2D eigenvalue weighted by atomic mass is 10.1. The van der Waals surface area contributed by atoms with Gasteiger partial charge in [0.05, 0.1) is 24.4 Å². The summed E-state index contributed by atoms with van der Waals surface area (Å²) in [6.45, 7) is 15.3. The molecule has 2 aliphatic rings. The van der Waals surface area contributed by atoms with Crippen LogP contribution in [0.4, 0.5) is 0 Å². The Kier molecular flexibility index (Phi) is 5.21. The van der Waals surface area contributed by atoms with Gasteiger partial charge in [-0.15, -0.1) is 0 Å². The zero-order chi connectivity index (χ0) is 15.9. The largest absolute Gasteiger partial charge is 0.411 e. The van der Waals surface area contributed by atoms with E-state index in [9.17, 15) is 10.2 Å². The highest BCUT2D eigenvalue weighted by Crippen LogP contribution is 2.45. The van der Waals surface area contributed by atoms with Crippen molar-refractivity contribution in [3.63, 3.8) is 0 Å². The number of hydrogen-bond acceptors (Lipinski definition) is 4. The van der Waals surface area contributed by atoms with Crippen LogP contribution in [0.5, 0.6) is 0 Å². The molecule has 0 aromatic heterocycles. The van der Waals surface area contributed by atoms with Gasteiger partial charge in [0.25, 0.3) is 0 Å². The molecular formula is C16H33NO3Si. The van der Waals surface area contributed by atoms with Gasteiger partial charge in [-0.25, -0.2) is 0 Å². The summed E-state index contributed by atoms with van der Waals surface area (Å²) in [6, 6.07) is -0.0110. The van der Waals surface area contributed by atoms with Gasteiger partial charge in [0.2, 0.25) is 8.32 Å². The van der Waals surface area contributed by atoms with E-state index in [-0.39, 0.29) is 12.1 Å². The minimum absolute atomic E-state index is 0.0110. The first-order valence-corrected chi connectivity index (χ1v) is 10.6. The van der Waals surface area contributed by atoms with Gasteiger partial charge >= 0.3 is 0 Å². The topological polar surface area (TPSA) is 52.9 Å². The molecule has 21 heavy (non-hydrogen) atoms. The Morgan fingerprint density at radius 1 is 1.00 bits per heavy atom. The monoisotopic (exact) mass is 315 g/mol. The first-order valence-electron chi connectivity index (χ1n) is 8.49. The third-order valence-electron chi connectivity index (χ3n) is 5.73. The Bertz CT molecular complexity index is 338. The normalized spacial score (nSPS) is 34.4. The lowest BCUT2D eigenvalue weighted by Gasteiger charge is -2.45. The van der Waals surface area contributed by atoms with Crippen LogP contribution < -0.4 is 0 Å². The first-order chi connectivity index (χ1) is 9.71. The minimum Gasteiger partial charge on any atom is -0.411 e. The van der Waals surface area contributed by atoms with E-state index in [1.165, 1.54) is 0 Å². The third-order valence-corrected chi connectivity index (χ3v) is 11.9. The van der Waals surface area contributed by atoms with Crippen LogP contribution in [0.1, 0.15) is 48.0 Å². The van der Waals surface area contributed by atoms with Gasteiger partial charge in [-0.05, 0) is 23.0 Å². The van der Waals surface area contributed by atoms with Crippen LogP contribution in [0.25, 0.3) is 0 Å². The second-order valence-electron chi connectivity index (χ2n) is 7.81. The van der Waals surface area contributed by atoms with Gasteiger partial charge < -0.3 is 14.6 Å². The maximum atomic E-state index is 10.3. The van der Waals surface area contributed by atoms with Crippen molar-refractivity contribution in [1.82, 2.24) is 4.90 Å². The quantitative estimate of drug-likeness (QED) is 0.765. The van der Waals surface area contributed by atoms with Crippen molar-refractivity contribution in [1.29, 1.82) is 0 Å². The van der Waals surface area contributed by atoms with Crippen LogP contribution in [-0.4, -0.2) is 60.9 Å². The van der Waals surface area contributed by atoms with Gasteiger partial charge in [0.15, 0.2) is 0 Å². The van der Waals surface area contributed by atoms with Crippen molar-refractivity contribution < 1.29 is 14.6 Å². The van der Waals surface area contributed by atoms with Gasteiger partial charge in [0, 0.05) is 13.1 Å². The summed E-state index contributed by atoms with van der Waals surface area (Å²) in [6.07, 6.45) is -0.212. The molecule has 2 aliphatic heterocycles. The SMILES string of the molecule is CC(C)[Si](O[C@@H]1CCN2C[C@@H](O)[C@@H](O)[C@H]12)(C(C)C)C(C)C. The maximum absolute atomic E-state index is 10.3. The molecule has 4 nitrogen and oxygen atoms in total. The second kappa shape index (κ2) is 6.28. The van der Waals surface area contributed by atoms with E-state index >= 15 is 0 Å². The minimum atomic E-state index is -1.92. The van der Waals surface area contributed by atoms with Crippen molar-refractivity contribution in [2.24, 2.45) is 0 Å². The van der Waals surface area contributed by atoms with Gasteiger partial charge in [0.1, 0.15) is 0 Å². The Labute approximate surface area is 130 Å². The summed E-state index contributed by atoms with van der Waals surface area (Å²) in [4.78, 5) is 2.21. The van der Waals surface area contributed by atoms with Crippen LogP contribution in [-0.2, 0) is 4.43 Å². The summed E-state index contributed by atoms with van der Waals surface area (Å²) in [5.41, 5.74) is 1.65. The Balaban J connectivity index is 2.21. The lowest BCUT2D eigenvalue weighted by molar-refractivity contribution is 0.0100. The molecule has 0 spiro atoms. The fourth-order valence-electron chi connectivity index (χ4n) is 4.87. The fourth-order valence-corrected chi connectivity index (χ4v) is 10.5. The Morgan fingerprint density at radius 2 is 1.52 bits per heavy atom. The summed E-state index contributed by atoms with van der Waals surface area (Å²) >= 11 is 0. The predicted octanol–water partition coefficient (Wildman–Crippen LogP) is 2.36. The Morgan fingerprint density at radius 3 is 2.00 bits per heavy atom. The number of nitrogens with zero attached hydrogens (tertiary/aromatic N) is 1. The molecule has 5 heteroatoms. The molecule has 2 saturated heterocycles. The van der Waals surface area contributed by atoms with E-state index in [1.54, 1.807) is 0 Å². The first kappa shape index (κ1) is 17.4. The summed E-state index contributed by atoms with van der Waals surface area (Å²) < 4.78 is 6.84. The standard InChI is InChI=1S/C16H33NO3Si/c1-10(2)21(11(3)4,12(5)6)20-14-7-8-17-9-13(18)16(19)15(14)17/h10-16,18-19H,7-9H2,1-6H3/t13-,14-,15+,16-/m1/s1. The van der Waals surface area contributed by atoms with Crippen LogP contribution >= 0.6 is 0 Å². The zero-order valence-electron chi connectivity index (χ0n) is 14.4. The average molecular weight is 316 g/mol. The van der Waals surface area contributed by atoms with Crippen LogP contribution in [0.2, 0.25) is 16.6 Å². The van der Waals surface area contributed by atoms with Gasteiger partial charge in [-0.2, -0.15) is 0 Å². The van der Waals surface area contributed by atoms with E-state index in [4.69, 9.17) is 4.43 Å². The smallest absolute Gasteiger partial charge is 0.200 e. The van der Waals surface area contributed by atoms with E-state index in [1.807, 2.05) is 0 Å². The van der Waals surface area contributed by atoms with Crippen molar-refractivity contribution in [3.8, 4) is 0 Å². The Hall–Kier alpha value is 0.0569.